The van der Waals surface area contributed by atoms with Gasteiger partial charge in [-0.2, -0.15) is 0 Å². The summed E-state index contributed by atoms with van der Waals surface area (Å²) in [6.07, 6.45) is 5.78. The number of hydrazone groups is 1. The van der Waals surface area contributed by atoms with E-state index in [-0.39, 0.29) is 0 Å². The van der Waals surface area contributed by atoms with Crippen molar-refractivity contribution in [2.75, 3.05) is 0 Å². The van der Waals surface area contributed by atoms with E-state index in [4.69, 9.17) is 5.84 Å². The maximum atomic E-state index is 5.08. The Balaban J connectivity index is 2.49. The summed E-state index contributed by atoms with van der Waals surface area (Å²) in [5.74, 6) is 5.08. The molecule has 4 heteroatoms. The van der Waals surface area contributed by atoms with Crippen LogP contribution in [0.3, 0.4) is 0 Å². The minimum atomic E-state index is 1.07. The van der Waals surface area contributed by atoms with Crippen LogP contribution in [0.15, 0.2) is 17.4 Å². The van der Waals surface area contributed by atoms with E-state index >= 15 is 0 Å². The third-order valence-corrected chi connectivity index (χ3v) is 0.530. The Morgan fingerprint density at radius 3 is 3.00 bits per heavy atom. The van der Waals surface area contributed by atoms with Gasteiger partial charge in [-0.3, -0.25) is 5.43 Å². The van der Waals surface area contributed by atoms with Gasteiger partial charge in [-0.25, -0.2) is 5.84 Å². The van der Waals surface area contributed by atoms with Crippen molar-refractivity contribution in [3.8, 4) is 0 Å². The van der Waals surface area contributed by atoms with Gasteiger partial charge < -0.3 is 0 Å². The Bertz CT molecular complexity index is 106. The number of nitrogens with zero attached hydrogens (tertiary/aromatic N) is 2. The highest BCUT2D eigenvalue weighted by Gasteiger charge is 1.86. The van der Waals surface area contributed by atoms with Crippen LogP contribution in [0.25, 0.3) is 0 Å². The number of hydrogen-bond donors (Lipinski definition) is 2. The molecule has 1 radical (unpaired) electrons. The van der Waals surface area contributed by atoms with Crippen molar-refractivity contribution in [1.29, 1.82) is 0 Å². The van der Waals surface area contributed by atoms with E-state index in [1.54, 1.807) is 12.3 Å². The van der Waals surface area contributed by atoms with Crippen molar-refractivity contribution in [2.45, 2.75) is 0 Å². The molecule has 0 spiro atoms. The lowest BCUT2D eigenvalue weighted by atomic mass is 10.7. The van der Waals surface area contributed by atoms with Gasteiger partial charge in [0, 0.05) is 6.20 Å². The van der Waals surface area contributed by atoms with Crippen LogP contribution in [0, 0.1) is 0 Å². The predicted molar refractivity (Wildman–Crippen MR) is 25.7 cm³/mol. The smallest absolute Gasteiger partial charge is 0.116 e. The average Bonchev–Trinajstić information content (AvgIpc) is 1.69. The lowest BCUT2D eigenvalue weighted by molar-refractivity contribution is 0.239. The molecule has 1 rings (SSSR count). The molecule has 0 aliphatic carbocycles. The molecule has 0 fully saturated rings. The summed E-state index contributed by atoms with van der Waals surface area (Å²) in [5.41, 5.74) is 2.58. The molecule has 4 nitrogen and oxygen atoms in total. The predicted octanol–water partition coefficient (Wildman–Crippen LogP) is -0.943. The summed E-state index contributed by atoms with van der Waals surface area (Å²) in [4.78, 5) is 0. The molecular weight excluding hydrogens is 92.1 g/mol. The molecule has 0 aromatic carbocycles. The van der Waals surface area contributed by atoms with E-state index in [9.17, 15) is 0 Å². The molecule has 0 saturated heterocycles. The van der Waals surface area contributed by atoms with Crippen molar-refractivity contribution in [1.82, 2.24) is 10.7 Å². The Hall–Kier alpha value is -1.03. The lowest BCUT2D eigenvalue weighted by Gasteiger charge is -2.11. The minimum absolute atomic E-state index is 1.07. The second-order valence-electron chi connectivity index (χ2n) is 1.04. The summed E-state index contributed by atoms with van der Waals surface area (Å²) in [5, 5.41) is 4.56. The Labute approximate surface area is 41.2 Å². The highest BCUT2D eigenvalue weighted by molar-refractivity contribution is 5.70. The second-order valence-corrected chi connectivity index (χ2v) is 1.04. The molecule has 0 amide bonds. The van der Waals surface area contributed by atoms with Gasteiger partial charge in [0.05, 0.1) is 0 Å². The zero-order valence-corrected chi connectivity index (χ0v) is 3.63. The molecule has 37 valence electrons. The molecule has 7 heavy (non-hydrogen) atoms. The molecule has 0 saturated carbocycles. The standard InChI is InChI=1S/C3H5N4/c4-7-5-2-1-3-6-7/h1-2,5H,4H2. The largest absolute Gasteiger partial charge is 0.275 e. The van der Waals surface area contributed by atoms with E-state index in [0.29, 0.717) is 0 Å². The van der Waals surface area contributed by atoms with E-state index in [2.05, 4.69) is 16.7 Å². The zero-order valence-electron chi connectivity index (χ0n) is 3.63. The Morgan fingerprint density at radius 2 is 2.71 bits per heavy atom. The minimum Gasteiger partial charge on any atom is -0.275 e. The highest BCUT2D eigenvalue weighted by atomic mass is 15.8. The molecule has 0 aromatic heterocycles. The molecule has 3 N–H and O–H groups in total. The Kier molecular flexibility index (Phi) is 0.953. The highest BCUT2D eigenvalue weighted by Crippen LogP contribution is 1.76. The van der Waals surface area contributed by atoms with Gasteiger partial charge in [0.2, 0.25) is 0 Å². The molecule has 0 unspecified atom stereocenters. The van der Waals surface area contributed by atoms with Crippen molar-refractivity contribution in [3.05, 3.63) is 12.3 Å². The van der Waals surface area contributed by atoms with Crippen molar-refractivity contribution in [3.63, 3.8) is 0 Å². The fraction of sp³-hybridized carbons (Fsp3) is 0. The second kappa shape index (κ2) is 1.61. The number of hydrazine groups is 2. The molecule has 1 aliphatic rings. The molecule has 1 heterocycles. The van der Waals surface area contributed by atoms with Gasteiger partial charge in [-0.15, -0.1) is 10.3 Å². The van der Waals surface area contributed by atoms with Gasteiger partial charge in [0.25, 0.3) is 0 Å². The van der Waals surface area contributed by atoms with E-state index in [1.807, 2.05) is 0 Å². The summed E-state index contributed by atoms with van der Waals surface area (Å²) in [6.45, 7) is 0. The monoisotopic (exact) mass is 97.1 g/mol. The zero-order chi connectivity index (χ0) is 5.11. The summed E-state index contributed by atoms with van der Waals surface area (Å²) in [6, 6.07) is 0. The molecular formula is C3H5N4. The van der Waals surface area contributed by atoms with Crippen LogP contribution >= 0.6 is 0 Å². The first kappa shape index (κ1) is 4.14. The van der Waals surface area contributed by atoms with E-state index in [0.717, 1.165) is 5.23 Å². The van der Waals surface area contributed by atoms with Crippen LogP contribution in [0.1, 0.15) is 0 Å². The van der Waals surface area contributed by atoms with Crippen LogP contribution in [-0.4, -0.2) is 11.4 Å². The van der Waals surface area contributed by atoms with Crippen LogP contribution in [0.2, 0.25) is 0 Å². The molecule has 0 atom stereocenters. The molecule has 1 aliphatic heterocycles. The fourth-order valence-corrected chi connectivity index (χ4v) is 0.275. The van der Waals surface area contributed by atoms with Crippen LogP contribution in [0.5, 0.6) is 0 Å². The number of nitrogens with two attached hydrogens (primary N) is 1. The topological polar surface area (TPSA) is 53.6 Å². The summed E-state index contributed by atoms with van der Waals surface area (Å²) < 4.78 is 0. The van der Waals surface area contributed by atoms with Crippen molar-refractivity contribution >= 4 is 6.21 Å². The lowest BCUT2D eigenvalue weighted by Crippen LogP contribution is -2.37. The quantitative estimate of drug-likeness (QED) is 0.383. The Morgan fingerprint density at radius 1 is 1.86 bits per heavy atom. The van der Waals surface area contributed by atoms with Gasteiger partial charge in [0.1, 0.15) is 6.21 Å². The van der Waals surface area contributed by atoms with E-state index < -0.39 is 0 Å². The maximum absolute atomic E-state index is 5.08. The van der Waals surface area contributed by atoms with Gasteiger partial charge in [-0.05, 0) is 6.08 Å². The fourth-order valence-electron chi connectivity index (χ4n) is 0.275. The van der Waals surface area contributed by atoms with Crippen molar-refractivity contribution in [2.24, 2.45) is 10.9 Å². The van der Waals surface area contributed by atoms with E-state index in [1.165, 1.54) is 0 Å². The number of rotatable bonds is 0. The summed E-state index contributed by atoms with van der Waals surface area (Å²) >= 11 is 0. The van der Waals surface area contributed by atoms with Crippen LogP contribution in [-0.2, 0) is 0 Å². The third kappa shape index (κ3) is 0.902. The van der Waals surface area contributed by atoms with Gasteiger partial charge >= 0.3 is 0 Å². The first-order valence-corrected chi connectivity index (χ1v) is 1.82. The summed E-state index contributed by atoms with van der Waals surface area (Å²) in [7, 11) is 0. The first-order valence-electron chi connectivity index (χ1n) is 1.82. The third-order valence-electron chi connectivity index (χ3n) is 0.530. The molecule has 0 aromatic rings. The normalized spacial score (nSPS) is 17.0. The maximum Gasteiger partial charge on any atom is 0.116 e. The van der Waals surface area contributed by atoms with Crippen LogP contribution in [0.4, 0.5) is 0 Å². The van der Waals surface area contributed by atoms with Gasteiger partial charge in [0.15, 0.2) is 0 Å². The number of allylic oxidation sites excluding steroid dienone is 1. The van der Waals surface area contributed by atoms with Crippen molar-refractivity contribution < 1.29 is 0 Å². The average molecular weight is 97.1 g/mol. The number of hydrogen-bond acceptors (Lipinski definition) is 4. The van der Waals surface area contributed by atoms with Crippen LogP contribution < -0.4 is 11.3 Å². The molecule has 0 bridgehead atoms. The first-order chi connectivity index (χ1) is 3.39. The van der Waals surface area contributed by atoms with Gasteiger partial charge in [-0.1, -0.05) is 0 Å². The SMILES string of the molecule is NN1N=[C]C=CN1. The number of nitrogens with one attached hydrogen (secondary N) is 1.